The standard InChI is InChI=1S/C16H22BrNO3/c1-11(19)14-9-12(17)7-8-15(14)21-10-16(20)18-13-5-3-2-4-6-13/h7-9,11,13,19H,2-6,10H2,1H3,(H,18,20)/t11-/m1/s1. The lowest BCUT2D eigenvalue weighted by Crippen LogP contribution is -2.39. The van der Waals surface area contributed by atoms with Crippen LogP contribution in [0.15, 0.2) is 22.7 Å². The molecule has 0 saturated heterocycles. The Bertz CT molecular complexity index is 484. The Kier molecular flexibility index (Phi) is 6.06. The number of amides is 1. The smallest absolute Gasteiger partial charge is 0.258 e. The van der Waals surface area contributed by atoms with E-state index >= 15 is 0 Å². The quantitative estimate of drug-likeness (QED) is 0.851. The first-order valence-corrected chi connectivity index (χ1v) is 8.25. The van der Waals surface area contributed by atoms with Crippen LogP contribution in [-0.2, 0) is 4.79 Å². The summed E-state index contributed by atoms with van der Waals surface area (Å²) in [6.45, 7) is 1.66. The van der Waals surface area contributed by atoms with Gasteiger partial charge >= 0.3 is 0 Å². The van der Waals surface area contributed by atoms with Crippen molar-refractivity contribution in [1.29, 1.82) is 0 Å². The summed E-state index contributed by atoms with van der Waals surface area (Å²) in [7, 11) is 0. The van der Waals surface area contributed by atoms with E-state index in [1.54, 1.807) is 19.1 Å². The van der Waals surface area contributed by atoms with Crippen molar-refractivity contribution in [2.75, 3.05) is 6.61 Å². The van der Waals surface area contributed by atoms with Crippen LogP contribution in [0.1, 0.15) is 50.7 Å². The van der Waals surface area contributed by atoms with Crippen molar-refractivity contribution in [3.8, 4) is 5.75 Å². The number of aliphatic hydroxyl groups excluding tert-OH is 1. The summed E-state index contributed by atoms with van der Waals surface area (Å²) in [5, 5.41) is 12.8. The first-order valence-electron chi connectivity index (χ1n) is 7.46. The topological polar surface area (TPSA) is 58.6 Å². The van der Waals surface area contributed by atoms with Crippen molar-refractivity contribution in [3.05, 3.63) is 28.2 Å². The molecule has 1 fully saturated rings. The number of aliphatic hydroxyl groups is 1. The fraction of sp³-hybridized carbons (Fsp3) is 0.562. The fourth-order valence-corrected chi connectivity index (χ4v) is 3.02. The second-order valence-corrected chi connectivity index (χ2v) is 6.46. The van der Waals surface area contributed by atoms with Crippen molar-refractivity contribution in [1.82, 2.24) is 5.32 Å². The largest absolute Gasteiger partial charge is 0.483 e. The predicted molar refractivity (Wildman–Crippen MR) is 85.3 cm³/mol. The van der Waals surface area contributed by atoms with E-state index in [-0.39, 0.29) is 18.6 Å². The van der Waals surface area contributed by atoms with Crippen LogP contribution in [0, 0.1) is 0 Å². The van der Waals surface area contributed by atoms with E-state index in [2.05, 4.69) is 21.2 Å². The maximum absolute atomic E-state index is 11.9. The van der Waals surface area contributed by atoms with Gasteiger partial charge in [0.1, 0.15) is 5.75 Å². The van der Waals surface area contributed by atoms with Gasteiger partial charge in [0.05, 0.1) is 6.10 Å². The number of rotatable bonds is 5. The number of nitrogens with one attached hydrogen (secondary N) is 1. The number of carbonyl (C=O) groups excluding carboxylic acids is 1. The van der Waals surface area contributed by atoms with E-state index in [1.165, 1.54) is 19.3 Å². The van der Waals surface area contributed by atoms with E-state index in [1.807, 2.05) is 6.07 Å². The van der Waals surface area contributed by atoms with Crippen LogP contribution >= 0.6 is 15.9 Å². The minimum atomic E-state index is -0.640. The zero-order valence-electron chi connectivity index (χ0n) is 12.3. The minimum absolute atomic E-state index is 0.0160. The van der Waals surface area contributed by atoms with Gasteiger partial charge in [0.15, 0.2) is 6.61 Å². The van der Waals surface area contributed by atoms with Crippen LogP contribution in [0.2, 0.25) is 0 Å². The molecule has 1 aromatic carbocycles. The van der Waals surface area contributed by atoms with Crippen molar-refractivity contribution >= 4 is 21.8 Å². The molecule has 4 nitrogen and oxygen atoms in total. The molecule has 0 heterocycles. The molecule has 0 aromatic heterocycles. The van der Waals surface area contributed by atoms with Gasteiger partial charge in [-0.15, -0.1) is 0 Å². The maximum atomic E-state index is 11.9. The molecular weight excluding hydrogens is 334 g/mol. The summed E-state index contributed by atoms with van der Waals surface area (Å²) in [5.74, 6) is 0.452. The third-order valence-corrected chi connectivity index (χ3v) is 4.24. The second-order valence-electron chi connectivity index (χ2n) is 5.55. The van der Waals surface area contributed by atoms with Crippen molar-refractivity contribution in [3.63, 3.8) is 0 Å². The third kappa shape index (κ3) is 5.00. The molecule has 116 valence electrons. The van der Waals surface area contributed by atoms with Gasteiger partial charge in [-0.2, -0.15) is 0 Å². The highest BCUT2D eigenvalue weighted by Crippen LogP contribution is 2.28. The van der Waals surface area contributed by atoms with E-state index < -0.39 is 6.10 Å². The van der Waals surface area contributed by atoms with Crippen LogP contribution in [0.25, 0.3) is 0 Å². The first kappa shape index (κ1) is 16.3. The first-order chi connectivity index (χ1) is 10.1. The highest BCUT2D eigenvalue weighted by atomic mass is 79.9. The van der Waals surface area contributed by atoms with Gasteiger partial charge in [0, 0.05) is 16.1 Å². The van der Waals surface area contributed by atoms with Crippen molar-refractivity contribution in [2.45, 2.75) is 51.2 Å². The van der Waals surface area contributed by atoms with Gasteiger partial charge < -0.3 is 15.2 Å². The molecule has 21 heavy (non-hydrogen) atoms. The number of ether oxygens (including phenoxy) is 1. The Morgan fingerprint density at radius 2 is 2.14 bits per heavy atom. The zero-order valence-corrected chi connectivity index (χ0v) is 13.9. The molecule has 0 bridgehead atoms. The van der Waals surface area contributed by atoms with Crippen LogP contribution in [0.5, 0.6) is 5.75 Å². The number of benzene rings is 1. The summed E-state index contributed by atoms with van der Waals surface area (Å²) in [6.07, 6.45) is 5.11. The van der Waals surface area contributed by atoms with E-state index in [9.17, 15) is 9.90 Å². The summed E-state index contributed by atoms with van der Waals surface area (Å²) in [5.41, 5.74) is 0.676. The van der Waals surface area contributed by atoms with Gasteiger partial charge in [0.25, 0.3) is 5.91 Å². The number of halogens is 1. The van der Waals surface area contributed by atoms with Crippen molar-refractivity contribution in [2.24, 2.45) is 0 Å². The van der Waals surface area contributed by atoms with E-state index in [0.29, 0.717) is 11.3 Å². The lowest BCUT2D eigenvalue weighted by Gasteiger charge is -2.23. The number of carbonyl (C=O) groups is 1. The highest BCUT2D eigenvalue weighted by Gasteiger charge is 2.17. The number of hydrogen-bond donors (Lipinski definition) is 2. The Morgan fingerprint density at radius 1 is 1.43 bits per heavy atom. The Hall–Kier alpha value is -1.07. The minimum Gasteiger partial charge on any atom is -0.483 e. The molecule has 0 radical (unpaired) electrons. The zero-order chi connectivity index (χ0) is 15.2. The Labute approximate surface area is 134 Å². The molecular formula is C16H22BrNO3. The molecule has 1 saturated carbocycles. The molecule has 0 unspecified atom stereocenters. The van der Waals surface area contributed by atoms with E-state index in [0.717, 1.165) is 17.3 Å². The summed E-state index contributed by atoms with van der Waals surface area (Å²) in [4.78, 5) is 11.9. The molecule has 1 amide bonds. The third-order valence-electron chi connectivity index (χ3n) is 3.75. The molecule has 2 N–H and O–H groups in total. The molecule has 2 rings (SSSR count). The second kappa shape index (κ2) is 7.80. The van der Waals surface area contributed by atoms with Gasteiger partial charge in [-0.05, 0) is 38.0 Å². The Morgan fingerprint density at radius 3 is 2.81 bits per heavy atom. The van der Waals surface area contributed by atoms with Crippen molar-refractivity contribution < 1.29 is 14.6 Å². The molecule has 0 spiro atoms. The maximum Gasteiger partial charge on any atom is 0.258 e. The summed E-state index contributed by atoms with van der Waals surface area (Å²) < 4.78 is 6.44. The summed E-state index contributed by atoms with van der Waals surface area (Å²) >= 11 is 3.36. The van der Waals surface area contributed by atoms with E-state index in [4.69, 9.17) is 4.74 Å². The van der Waals surface area contributed by atoms with Gasteiger partial charge in [-0.1, -0.05) is 35.2 Å². The van der Waals surface area contributed by atoms with Gasteiger partial charge in [-0.25, -0.2) is 0 Å². The molecule has 1 aliphatic carbocycles. The van der Waals surface area contributed by atoms with Crippen LogP contribution < -0.4 is 10.1 Å². The molecule has 1 aliphatic rings. The van der Waals surface area contributed by atoms with Gasteiger partial charge in [-0.3, -0.25) is 4.79 Å². The lowest BCUT2D eigenvalue weighted by atomic mass is 9.95. The van der Waals surface area contributed by atoms with Gasteiger partial charge in [0.2, 0.25) is 0 Å². The average molecular weight is 356 g/mol. The molecule has 1 atom stereocenters. The van der Waals surface area contributed by atoms with Crippen LogP contribution in [0.3, 0.4) is 0 Å². The predicted octanol–water partition coefficient (Wildman–Crippen LogP) is 3.33. The fourth-order valence-electron chi connectivity index (χ4n) is 2.64. The van der Waals surface area contributed by atoms with Crippen LogP contribution in [0.4, 0.5) is 0 Å². The number of hydrogen-bond acceptors (Lipinski definition) is 3. The SMILES string of the molecule is C[C@@H](O)c1cc(Br)ccc1OCC(=O)NC1CCCCC1. The molecule has 1 aromatic rings. The Balaban J connectivity index is 1.88. The average Bonchev–Trinajstić information content (AvgIpc) is 2.47. The molecule has 5 heteroatoms. The highest BCUT2D eigenvalue weighted by molar-refractivity contribution is 9.10. The lowest BCUT2D eigenvalue weighted by molar-refractivity contribution is -0.124. The normalized spacial score (nSPS) is 17.3. The molecule has 0 aliphatic heterocycles. The summed E-state index contributed by atoms with van der Waals surface area (Å²) in [6, 6.07) is 5.69. The monoisotopic (exact) mass is 355 g/mol. The van der Waals surface area contributed by atoms with Crippen LogP contribution in [-0.4, -0.2) is 23.7 Å².